The smallest absolute Gasteiger partial charge is 0.133 e. The monoisotopic (exact) mass is 297 g/mol. The largest absolute Gasteiger partial charge is 0.506 e. The Balaban J connectivity index is 2.65. The number of hydrogen-bond donors (Lipinski definition) is 2. The van der Waals surface area contributed by atoms with E-state index in [4.69, 9.17) is 5.73 Å². The molecule has 1 aliphatic rings. The third kappa shape index (κ3) is 2.00. The molecule has 2 nitrogen and oxygen atoms in total. The number of phenols is 1. The molecule has 0 aromatic heterocycles. The zero-order valence-corrected chi connectivity index (χ0v) is 12.1. The molecule has 0 spiro atoms. The molecular weight excluding hydrogens is 278 g/mol. The Morgan fingerprint density at radius 3 is 2.47 bits per heavy atom. The summed E-state index contributed by atoms with van der Waals surface area (Å²) in [5.74, 6) is 0.389. The number of nitrogens with two attached hydrogens (primary N) is 1. The molecule has 17 heavy (non-hydrogen) atoms. The van der Waals surface area contributed by atoms with Crippen LogP contribution in [-0.2, 0) is 5.41 Å². The molecule has 0 heterocycles. The molecular formula is C14H20BrNO. The maximum Gasteiger partial charge on any atom is 0.133 e. The van der Waals surface area contributed by atoms with Crippen molar-refractivity contribution in [2.75, 3.05) is 6.54 Å². The van der Waals surface area contributed by atoms with Gasteiger partial charge in [-0.05, 0) is 59.8 Å². The molecule has 0 aliphatic heterocycles. The molecule has 3 heteroatoms. The average Bonchev–Trinajstić information content (AvgIpc) is 2.77. The lowest BCUT2D eigenvalue weighted by molar-refractivity contribution is 0.401. The Hall–Kier alpha value is -0.540. The van der Waals surface area contributed by atoms with Crippen molar-refractivity contribution in [1.82, 2.24) is 0 Å². The Kier molecular flexibility index (Phi) is 3.50. The Morgan fingerprint density at radius 1 is 1.35 bits per heavy atom. The fourth-order valence-electron chi connectivity index (χ4n) is 3.12. The SMILES string of the molecule is Cc1cc(Br)c(O)c(C2(CN)CCCC2)c1C. The van der Waals surface area contributed by atoms with E-state index in [9.17, 15) is 5.11 Å². The first-order chi connectivity index (χ1) is 8.02. The molecule has 2 rings (SSSR count). The fourth-order valence-corrected chi connectivity index (χ4v) is 3.66. The van der Waals surface area contributed by atoms with Gasteiger partial charge in [0, 0.05) is 17.5 Å². The van der Waals surface area contributed by atoms with Gasteiger partial charge in [-0.3, -0.25) is 0 Å². The molecule has 1 saturated carbocycles. The third-order valence-corrected chi connectivity index (χ3v) is 4.86. The summed E-state index contributed by atoms with van der Waals surface area (Å²) >= 11 is 3.44. The number of phenolic OH excluding ortho intramolecular Hbond substituents is 1. The highest BCUT2D eigenvalue weighted by Crippen LogP contribution is 2.48. The third-order valence-electron chi connectivity index (χ3n) is 4.25. The van der Waals surface area contributed by atoms with E-state index in [1.807, 2.05) is 6.07 Å². The van der Waals surface area contributed by atoms with Crippen molar-refractivity contribution in [2.45, 2.75) is 44.9 Å². The predicted octanol–water partition coefficient (Wildman–Crippen LogP) is 3.54. The van der Waals surface area contributed by atoms with Crippen molar-refractivity contribution in [3.05, 3.63) is 27.2 Å². The van der Waals surface area contributed by atoms with E-state index >= 15 is 0 Å². The van der Waals surface area contributed by atoms with Crippen LogP contribution in [0.1, 0.15) is 42.4 Å². The van der Waals surface area contributed by atoms with Crippen LogP contribution >= 0.6 is 15.9 Å². The van der Waals surface area contributed by atoms with E-state index in [0.29, 0.717) is 12.3 Å². The van der Waals surface area contributed by atoms with Crippen LogP contribution in [0.3, 0.4) is 0 Å². The van der Waals surface area contributed by atoms with Crippen LogP contribution in [0.25, 0.3) is 0 Å². The van der Waals surface area contributed by atoms with Crippen LogP contribution in [0.4, 0.5) is 0 Å². The summed E-state index contributed by atoms with van der Waals surface area (Å²) in [5.41, 5.74) is 9.48. The highest BCUT2D eigenvalue weighted by atomic mass is 79.9. The Bertz CT molecular complexity index is 410. The van der Waals surface area contributed by atoms with Crippen molar-refractivity contribution in [3.63, 3.8) is 0 Å². The average molecular weight is 298 g/mol. The summed E-state index contributed by atoms with van der Waals surface area (Å²) < 4.78 is 0.787. The standard InChI is InChI=1S/C14H20BrNO/c1-9-7-11(15)13(17)12(10(9)2)14(8-16)5-3-4-6-14/h7,17H,3-6,8,16H2,1-2H3. The van der Waals surface area contributed by atoms with Crippen molar-refractivity contribution < 1.29 is 5.11 Å². The van der Waals surface area contributed by atoms with Gasteiger partial charge >= 0.3 is 0 Å². The van der Waals surface area contributed by atoms with Gasteiger partial charge in [0.05, 0.1) is 4.47 Å². The second-order valence-corrected chi connectivity index (χ2v) is 6.07. The number of aryl methyl sites for hydroxylation is 1. The lowest BCUT2D eigenvalue weighted by Crippen LogP contribution is -2.33. The van der Waals surface area contributed by atoms with E-state index in [0.717, 1.165) is 22.9 Å². The van der Waals surface area contributed by atoms with Gasteiger partial charge in [0.15, 0.2) is 0 Å². The number of halogens is 1. The van der Waals surface area contributed by atoms with E-state index in [1.54, 1.807) is 0 Å². The van der Waals surface area contributed by atoms with Crippen LogP contribution < -0.4 is 5.73 Å². The zero-order valence-electron chi connectivity index (χ0n) is 10.5. The molecule has 1 aromatic carbocycles. The van der Waals surface area contributed by atoms with Crippen LogP contribution in [0.2, 0.25) is 0 Å². The molecule has 0 atom stereocenters. The van der Waals surface area contributed by atoms with Crippen LogP contribution in [0.5, 0.6) is 5.75 Å². The number of rotatable bonds is 2. The molecule has 0 unspecified atom stereocenters. The number of hydrogen-bond acceptors (Lipinski definition) is 2. The molecule has 3 N–H and O–H groups in total. The summed E-state index contributed by atoms with van der Waals surface area (Å²) in [6.07, 6.45) is 4.60. The quantitative estimate of drug-likeness (QED) is 0.877. The fraction of sp³-hybridized carbons (Fsp3) is 0.571. The van der Waals surface area contributed by atoms with Crippen molar-refractivity contribution in [1.29, 1.82) is 0 Å². The molecule has 0 saturated heterocycles. The Labute approximate surface area is 111 Å². The van der Waals surface area contributed by atoms with E-state index in [1.165, 1.54) is 24.0 Å². The summed E-state index contributed by atoms with van der Waals surface area (Å²) in [7, 11) is 0. The molecule has 0 radical (unpaired) electrons. The normalized spacial score (nSPS) is 18.6. The summed E-state index contributed by atoms with van der Waals surface area (Å²) in [6, 6.07) is 1.98. The second kappa shape index (κ2) is 4.62. The summed E-state index contributed by atoms with van der Waals surface area (Å²) in [4.78, 5) is 0. The van der Waals surface area contributed by atoms with Crippen LogP contribution in [-0.4, -0.2) is 11.7 Å². The second-order valence-electron chi connectivity index (χ2n) is 5.22. The maximum atomic E-state index is 10.4. The molecule has 0 bridgehead atoms. The topological polar surface area (TPSA) is 46.2 Å². The first kappa shape index (κ1) is 12.9. The lowest BCUT2D eigenvalue weighted by atomic mass is 9.75. The molecule has 1 aliphatic carbocycles. The summed E-state index contributed by atoms with van der Waals surface area (Å²) in [6.45, 7) is 4.80. The molecule has 1 aromatic rings. The van der Waals surface area contributed by atoms with E-state index in [-0.39, 0.29) is 5.41 Å². The van der Waals surface area contributed by atoms with Crippen molar-refractivity contribution in [2.24, 2.45) is 5.73 Å². The van der Waals surface area contributed by atoms with Crippen molar-refractivity contribution >= 4 is 15.9 Å². The molecule has 0 amide bonds. The first-order valence-electron chi connectivity index (χ1n) is 6.21. The van der Waals surface area contributed by atoms with Crippen LogP contribution in [0, 0.1) is 13.8 Å². The highest BCUT2D eigenvalue weighted by Gasteiger charge is 2.38. The minimum atomic E-state index is -0.0112. The minimum absolute atomic E-state index is 0.0112. The number of benzene rings is 1. The molecule has 94 valence electrons. The zero-order chi connectivity index (χ0) is 12.6. The lowest BCUT2D eigenvalue weighted by Gasteiger charge is -2.31. The van der Waals surface area contributed by atoms with Gasteiger partial charge in [-0.15, -0.1) is 0 Å². The summed E-state index contributed by atoms with van der Waals surface area (Å²) in [5, 5.41) is 10.4. The van der Waals surface area contributed by atoms with Gasteiger partial charge in [-0.2, -0.15) is 0 Å². The van der Waals surface area contributed by atoms with Gasteiger partial charge in [-0.25, -0.2) is 0 Å². The predicted molar refractivity (Wildman–Crippen MR) is 74.5 cm³/mol. The number of aromatic hydroxyl groups is 1. The minimum Gasteiger partial charge on any atom is -0.506 e. The maximum absolute atomic E-state index is 10.4. The van der Waals surface area contributed by atoms with Gasteiger partial charge < -0.3 is 10.8 Å². The van der Waals surface area contributed by atoms with Crippen molar-refractivity contribution in [3.8, 4) is 5.75 Å². The van der Waals surface area contributed by atoms with Crippen LogP contribution in [0.15, 0.2) is 10.5 Å². The molecule has 1 fully saturated rings. The van der Waals surface area contributed by atoms with E-state index in [2.05, 4.69) is 29.8 Å². The van der Waals surface area contributed by atoms with Gasteiger partial charge in [0.1, 0.15) is 5.75 Å². The van der Waals surface area contributed by atoms with Gasteiger partial charge in [0.2, 0.25) is 0 Å². The first-order valence-corrected chi connectivity index (χ1v) is 7.00. The highest BCUT2D eigenvalue weighted by molar-refractivity contribution is 9.10. The van der Waals surface area contributed by atoms with Gasteiger partial charge in [0.25, 0.3) is 0 Å². The Morgan fingerprint density at radius 2 is 1.94 bits per heavy atom. The van der Waals surface area contributed by atoms with E-state index < -0.39 is 0 Å². The van der Waals surface area contributed by atoms with Gasteiger partial charge in [-0.1, -0.05) is 12.8 Å².